The Morgan fingerprint density at radius 3 is 2.42 bits per heavy atom. The third-order valence-corrected chi connectivity index (χ3v) is 3.46. The first kappa shape index (κ1) is 18.1. The molecular weight excluding hydrogens is 264 g/mol. The molecule has 0 aliphatic carbocycles. The van der Waals surface area contributed by atoms with Crippen molar-refractivity contribution >= 4 is 23.8 Å². The highest BCUT2D eigenvalue weighted by molar-refractivity contribution is 7.98. The summed E-state index contributed by atoms with van der Waals surface area (Å²) in [7, 11) is 0. The van der Waals surface area contributed by atoms with Crippen molar-refractivity contribution in [1.82, 2.24) is 10.6 Å². The number of carboxylic acid groups (broad SMARTS) is 1. The molecule has 0 aromatic heterocycles. The van der Waals surface area contributed by atoms with Crippen molar-refractivity contribution < 1.29 is 14.7 Å². The minimum atomic E-state index is -1.23. The monoisotopic (exact) mass is 289 g/mol. The van der Waals surface area contributed by atoms with Crippen molar-refractivity contribution in [2.24, 2.45) is 0 Å². The number of carboxylic acids is 1. The van der Waals surface area contributed by atoms with E-state index in [0.717, 1.165) is 25.7 Å². The van der Waals surface area contributed by atoms with E-state index < -0.39 is 18.0 Å². The fourth-order valence-corrected chi connectivity index (χ4v) is 2.15. The normalized spacial score (nSPS) is 13.6. The molecule has 6 heteroatoms. The molecule has 19 heavy (non-hydrogen) atoms. The minimum absolute atomic E-state index is 0.0505. The van der Waals surface area contributed by atoms with Gasteiger partial charge in [0.2, 0.25) is 0 Å². The van der Waals surface area contributed by atoms with Crippen LogP contribution in [0, 0.1) is 0 Å². The second-order valence-electron chi connectivity index (χ2n) is 4.67. The van der Waals surface area contributed by atoms with Gasteiger partial charge >= 0.3 is 6.03 Å². The van der Waals surface area contributed by atoms with Crippen LogP contribution in [0.2, 0.25) is 0 Å². The lowest BCUT2D eigenvalue weighted by atomic mass is 10.1. The van der Waals surface area contributed by atoms with E-state index in [1.807, 2.05) is 13.2 Å². The highest BCUT2D eigenvalue weighted by atomic mass is 32.2. The van der Waals surface area contributed by atoms with Gasteiger partial charge in [0.25, 0.3) is 0 Å². The van der Waals surface area contributed by atoms with Crippen molar-refractivity contribution in [2.45, 2.75) is 58.0 Å². The highest BCUT2D eigenvalue weighted by Crippen LogP contribution is 2.03. The van der Waals surface area contributed by atoms with Crippen LogP contribution < -0.4 is 15.7 Å². The zero-order valence-corrected chi connectivity index (χ0v) is 12.8. The molecule has 5 nitrogen and oxygen atoms in total. The van der Waals surface area contributed by atoms with Crippen molar-refractivity contribution in [1.29, 1.82) is 0 Å². The summed E-state index contributed by atoms with van der Waals surface area (Å²) in [5.41, 5.74) is 0. The Labute approximate surface area is 119 Å². The summed E-state index contributed by atoms with van der Waals surface area (Å²) in [6, 6.07) is -1.30. The first-order chi connectivity index (χ1) is 9.01. The Morgan fingerprint density at radius 2 is 1.89 bits per heavy atom. The largest absolute Gasteiger partial charge is 0.548 e. The maximum atomic E-state index is 11.6. The maximum absolute atomic E-state index is 11.6. The lowest BCUT2D eigenvalue weighted by molar-refractivity contribution is -0.308. The van der Waals surface area contributed by atoms with Gasteiger partial charge in [-0.15, -0.1) is 0 Å². The van der Waals surface area contributed by atoms with Crippen molar-refractivity contribution in [3.63, 3.8) is 0 Å². The van der Waals surface area contributed by atoms with Crippen molar-refractivity contribution in [2.75, 3.05) is 12.0 Å². The lowest BCUT2D eigenvalue weighted by Gasteiger charge is -2.21. The molecule has 0 aliphatic rings. The van der Waals surface area contributed by atoms with E-state index in [4.69, 9.17) is 0 Å². The lowest BCUT2D eigenvalue weighted by Crippen LogP contribution is -2.52. The molecule has 0 saturated heterocycles. The Balaban J connectivity index is 4.00. The van der Waals surface area contributed by atoms with Crippen LogP contribution in [0.5, 0.6) is 0 Å². The molecule has 0 saturated carbocycles. The number of rotatable bonds is 10. The number of aliphatic carboxylic acids is 1. The summed E-state index contributed by atoms with van der Waals surface area (Å²) in [6.45, 7) is 4.05. The summed E-state index contributed by atoms with van der Waals surface area (Å²) >= 11 is 1.54. The second kappa shape index (κ2) is 11.0. The van der Waals surface area contributed by atoms with Crippen LogP contribution in [-0.4, -0.2) is 36.1 Å². The molecule has 112 valence electrons. The number of hydrogen-bond donors (Lipinski definition) is 2. The average molecular weight is 289 g/mol. The molecule has 0 aromatic carbocycles. The van der Waals surface area contributed by atoms with Gasteiger partial charge in [-0.25, -0.2) is 4.79 Å². The summed E-state index contributed by atoms with van der Waals surface area (Å²) in [4.78, 5) is 22.5. The predicted molar refractivity (Wildman–Crippen MR) is 77.1 cm³/mol. The number of carbonyl (C=O) groups is 2. The molecule has 0 fully saturated rings. The Morgan fingerprint density at radius 1 is 1.21 bits per heavy atom. The van der Waals surface area contributed by atoms with Gasteiger partial charge in [-0.2, -0.15) is 11.8 Å². The van der Waals surface area contributed by atoms with Crippen molar-refractivity contribution in [3.8, 4) is 0 Å². The molecule has 0 radical (unpaired) electrons. The molecule has 2 N–H and O–H groups in total. The topological polar surface area (TPSA) is 81.3 Å². The minimum Gasteiger partial charge on any atom is -0.548 e. The predicted octanol–water partition coefficient (Wildman–Crippen LogP) is 1.13. The van der Waals surface area contributed by atoms with Crippen LogP contribution in [-0.2, 0) is 4.79 Å². The van der Waals surface area contributed by atoms with Crippen LogP contribution in [0.15, 0.2) is 0 Å². The molecule has 0 spiro atoms. The summed E-state index contributed by atoms with van der Waals surface area (Å²) in [5, 5.41) is 16.1. The fourth-order valence-electron chi connectivity index (χ4n) is 1.68. The van der Waals surface area contributed by atoms with E-state index in [1.165, 1.54) is 11.8 Å². The first-order valence-electron chi connectivity index (χ1n) is 6.78. The van der Waals surface area contributed by atoms with Gasteiger partial charge in [0.05, 0.1) is 12.0 Å². The van der Waals surface area contributed by atoms with E-state index in [1.54, 1.807) is 0 Å². The molecule has 0 heterocycles. The smallest absolute Gasteiger partial charge is 0.315 e. The first-order valence-corrected chi connectivity index (χ1v) is 8.17. The van der Waals surface area contributed by atoms with Crippen LogP contribution in [0.25, 0.3) is 0 Å². The molecule has 0 bridgehead atoms. The summed E-state index contributed by atoms with van der Waals surface area (Å²) in [5.74, 6) is -0.562. The van der Waals surface area contributed by atoms with Crippen LogP contribution in [0.4, 0.5) is 4.79 Å². The summed E-state index contributed by atoms with van der Waals surface area (Å²) < 4.78 is 0. The third kappa shape index (κ3) is 9.64. The van der Waals surface area contributed by atoms with Gasteiger partial charge < -0.3 is 20.5 Å². The van der Waals surface area contributed by atoms with E-state index in [2.05, 4.69) is 17.6 Å². The molecule has 2 atom stereocenters. The standard InChI is InChI=1S/C13H26N2O3S/c1-4-5-6-7-10(2)14-13(18)15-11(12(16)17)8-9-19-3/h10-11H,4-9H2,1-3H3,(H,16,17)(H2,14,15,18)/p-1/t10-,11-/m1/s1. The molecule has 2 amide bonds. The molecule has 0 aromatic rings. The zero-order valence-electron chi connectivity index (χ0n) is 12.0. The number of hydrogen-bond acceptors (Lipinski definition) is 4. The van der Waals surface area contributed by atoms with Crippen LogP contribution >= 0.6 is 11.8 Å². The van der Waals surface area contributed by atoms with E-state index >= 15 is 0 Å². The van der Waals surface area contributed by atoms with Gasteiger partial charge in [-0.1, -0.05) is 26.2 Å². The zero-order chi connectivity index (χ0) is 14.7. The van der Waals surface area contributed by atoms with E-state index in [-0.39, 0.29) is 6.04 Å². The molecular formula is C13H25N2O3S-. The number of urea groups is 1. The summed E-state index contributed by atoms with van der Waals surface area (Å²) in [6.07, 6.45) is 6.52. The quantitative estimate of drug-likeness (QED) is 0.591. The highest BCUT2D eigenvalue weighted by Gasteiger charge is 2.14. The van der Waals surface area contributed by atoms with Gasteiger partial charge in [0, 0.05) is 6.04 Å². The maximum Gasteiger partial charge on any atom is 0.315 e. The van der Waals surface area contributed by atoms with Crippen molar-refractivity contribution in [3.05, 3.63) is 0 Å². The molecule has 0 aliphatic heterocycles. The van der Waals surface area contributed by atoms with Crippen LogP contribution in [0.3, 0.4) is 0 Å². The van der Waals surface area contributed by atoms with Gasteiger partial charge in [0.1, 0.15) is 0 Å². The number of amides is 2. The van der Waals surface area contributed by atoms with Crippen LogP contribution in [0.1, 0.15) is 46.0 Å². The average Bonchev–Trinajstić information content (AvgIpc) is 2.34. The van der Waals surface area contributed by atoms with E-state index in [0.29, 0.717) is 12.2 Å². The number of carbonyl (C=O) groups excluding carboxylic acids is 2. The molecule has 0 rings (SSSR count). The third-order valence-electron chi connectivity index (χ3n) is 2.82. The SMILES string of the molecule is CCCCC[C@@H](C)NC(=O)N[C@H](CCSC)C(=O)[O-]. The van der Waals surface area contributed by atoms with E-state index in [9.17, 15) is 14.7 Å². The number of thioether (sulfide) groups is 1. The Hall–Kier alpha value is -0.910. The Kier molecular flexibility index (Phi) is 10.4. The fraction of sp³-hybridized carbons (Fsp3) is 0.846. The number of nitrogens with one attached hydrogen (secondary N) is 2. The van der Waals surface area contributed by atoms with Gasteiger partial charge in [0.15, 0.2) is 0 Å². The number of unbranched alkanes of at least 4 members (excludes halogenated alkanes) is 2. The second-order valence-corrected chi connectivity index (χ2v) is 5.65. The Bertz CT molecular complexity index is 275. The molecule has 0 unspecified atom stereocenters. The van der Waals surface area contributed by atoms with Gasteiger partial charge in [-0.3, -0.25) is 0 Å². The van der Waals surface area contributed by atoms with Gasteiger partial charge in [-0.05, 0) is 31.8 Å².